The third kappa shape index (κ3) is 15.2. The molecule has 5 nitrogen and oxygen atoms in total. The summed E-state index contributed by atoms with van der Waals surface area (Å²) in [6.45, 7) is 8.28. The molecular weight excluding hydrogens is 520 g/mol. The zero-order valence-electron chi connectivity index (χ0n) is 26.4. The number of nitrogens with one attached hydrogen (secondary N) is 1. The highest BCUT2D eigenvalue weighted by molar-refractivity contribution is 5.96. The molecule has 1 heterocycles. The Morgan fingerprint density at radius 3 is 2.07 bits per heavy atom. The van der Waals surface area contributed by atoms with Gasteiger partial charge in [0.2, 0.25) is 5.91 Å². The van der Waals surface area contributed by atoms with Crippen LogP contribution in [0.5, 0.6) is 0 Å². The lowest BCUT2D eigenvalue weighted by Crippen LogP contribution is -2.47. The molecule has 1 aliphatic heterocycles. The van der Waals surface area contributed by atoms with Gasteiger partial charge in [-0.3, -0.25) is 14.5 Å². The number of esters is 1. The Morgan fingerprint density at radius 2 is 1.45 bits per heavy atom. The van der Waals surface area contributed by atoms with E-state index in [1.165, 1.54) is 0 Å². The maximum atomic E-state index is 13.1. The second-order valence-electron chi connectivity index (χ2n) is 11.0. The number of amides is 1. The summed E-state index contributed by atoms with van der Waals surface area (Å²) >= 11 is 0. The predicted octanol–water partition coefficient (Wildman–Crippen LogP) is 8.95. The first-order chi connectivity index (χ1) is 20.5. The van der Waals surface area contributed by atoms with Gasteiger partial charge in [0.1, 0.15) is 0 Å². The average Bonchev–Trinajstić information content (AvgIpc) is 2.99. The summed E-state index contributed by atoms with van der Waals surface area (Å²) in [5.74, 6) is -0.0653. The van der Waals surface area contributed by atoms with Gasteiger partial charge < -0.3 is 10.1 Å². The van der Waals surface area contributed by atoms with Gasteiger partial charge in [-0.1, -0.05) is 92.3 Å². The van der Waals surface area contributed by atoms with E-state index in [1.807, 2.05) is 32.0 Å². The van der Waals surface area contributed by atoms with E-state index in [4.69, 9.17) is 4.74 Å². The van der Waals surface area contributed by atoms with Crippen LogP contribution >= 0.6 is 0 Å². The molecule has 230 valence electrons. The van der Waals surface area contributed by atoms with Crippen molar-refractivity contribution >= 4 is 17.6 Å². The Balaban J connectivity index is 1.52. The molecule has 1 unspecified atom stereocenters. The number of allylic oxidation sites excluding steroid dienone is 10. The number of likely N-dealkylation sites (tertiary alicyclic amines) is 1. The molecule has 2 rings (SSSR count). The summed E-state index contributed by atoms with van der Waals surface area (Å²) < 4.78 is 5.47. The SMILES string of the molecule is CCC=CCC=CCC=CCC=CCC=CCCCC(=O)OCCCN1CCCCC1C(=O)Nc1c(C)cccc1C. The van der Waals surface area contributed by atoms with Gasteiger partial charge in [0.15, 0.2) is 0 Å². The number of anilines is 1. The van der Waals surface area contributed by atoms with Gasteiger partial charge >= 0.3 is 5.97 Å². The second kappa shape index (κ2) is 22.4. The summed E-state index contributed by atoms with van der Waals surface area (Å²) in [5, 5.41) is 3.17. The lowest BCUT2D eigenvalue weighted by molar-refractivity contribution is -0.144. The largest absolute Gasteiger partial charge is 0.466 e. The highest BCUT2D eigenvalue weighted by Gasteiger charge is 2.28. The fourth-order valence-electron chi connectivity index (χ4n) is 5.03. The zero-order valence-corrected chi connectivity index (χ0v) is 26.4. The number of aryl methyl sites for hydroxylation is 2. The number of ether oxygens (including phenoxy) is 1. The van der Waals surface area contributed by atoms with Gasteiger partial charge in [-0.25, -0.2) is 0 Å². The molecule has 42 heavy (non-hydrogen) atoms. The van der Waals surface area contributed by atoms with Crippen LogP contribution in [0.25, 0.3) is 0 Å². The predicted molar refractivity (Wildman–Crippen MR) is 178 cm³/mol. The molecule has 1 fully saturated rings. The normalized spacial score (nSPS) is 16.5. The van der Waals surface area contributed by atoms with Gasteiger partial charge in [-0.15, -0.1) is 0 Å². The Morgan fingerprint density at radius 1 is 0.857 bits per heavy atom. The highest BCUT2D eigenvalue weighted by atomic mass is 16.5. The van der Waals surface area contributed by atoms with Crippen molar-refractivity contribution in [3.63, 3.8) is 0 Å². The number of nitrogens with zero attached hydrogens (tertiary/aromatic N) is 1. The van der Waals surface area contributed by atoms with Crippen LogP contribution in [-0.2, 0) is 14.3 Å². The van der Waals surface area contributed by atoms with E-state index < -0.39 is 0 Å². The minimum atomic E-state index is -0.134. The third-order valence-electron chi connectivity index (χ3n) is 7.41. The summed E-state index contributed by atoms with van der Waals surface area (Å²) in [5.41, 5.74) is 3.09. The lowest BCUT2D eigenvalue weighted by Gasteiger charge is -2.34. The molecule has 1 amide bonds. The van der Waals surface area contributed by atoms with Gasteiger partial charge in [-0.2, -0.15) is 0 Å². The molecule has 1 atom stereocenters. The number of hydrogen-bond acceptors (Lipinski definition) is 4. The summed E-state index contributed by atoms with van der Waals surface area (Å²) in [7, 11) is 0. The van der Waals surface area contributed by atoms with Crippen LogP contribution < -0.4 is 5.32 Å². The van der Waals surface area contributed by atoms with E-state index in [9.17, 15) is 9.59 Å². The van der Waals surface area contributed by atoms with Crippen molar-refractivity contribution in [3.05, 3.63) is 90.1 Å². The molecule has 1 aliphatic rings. The van der Waals surface area contributed by atoms with Gasteiger partial charge in [0, 0.05) is 18.7 Å². The number of carbonyl (C=O) groups excluding carboxylic acids is 2. The fourth-order valence-corrected chi connectivity index (χ4v) is 5.03. The lowest BCUT2D eigenvalue weighted by atomic mass is 10.0. The van der Waals surface area contributed by atoms with Crippen molar-refractivity contribution in [2.45, 2.75) is 104 Å². The van der Waals surface area contributed by atoms with E-state index in [2.05, 4.69) is 77.9 Å². The molecule has 0 bridgehead atoms. The molecular formula is C37H54N2O3. The standard InChI is InChI=1S/C37H54N2O3/c1-4-5-6-7-8-9-10-11-12-13-14-15-16-17-18-19-20-28-35(40)42-31-24-30-39-29-22-21-27-34(39)37(41)38-36-32(2)25-23-26-33(36)3/h5-6,8-9,11-12,14-15,17-18,23,25-26,34H,4,7,10,13,16,19-22,24,27-31H2,1-3H3,(H,38,41). The summed E-state index contributed by atoms with van der Waals surface area (Å²) in [4.78, 5) is 27.5. The van der Waals surface area contributed by atoms with E-state index in [-0.39, 0.29) is 17.9 Å². The van der Waals surface area contributed by atoms with Crippen molar-refractivity contribution in [1.82, 2.24) is 4.90 Å². The number of piperidine rings is 1. The minimum Gasteiger partial charge on any atom is -0.466 e. The van der Waals surface area contributed by atoms with E-state index in [0.29, 0.717) is 13.0 Å². The molecule has 0 radical (unpaired) electrons. The van der Waals surface area contributed by atoms with Crippen molar-refractivity contribution in [3.8, 4) is 0 Å². The van der Waals surface area contributed by atoms with Crippen LogP contribution in [0.1, 0.15) is 95.1 Å². The van der Waals surface area contributed by atoms with Crippen LogP contribution in [0.15, 0.2) is 79.0 Å². The number of unbranched alkanes of at least 4 members (excludes halogenated alkanes) is 1. The molecule has 1 aromatic carbocycles. The average molecular weight is 575 g/mol. The number of para-hydroxylation sites is 1. The van der Waals surface area contributed by atoms with Crippen LogP contribution in [0, 0.1) is 13.8 Å². The molecule has 1 aromatic rings. The maximum Gasteiger partial charge on any atom is 0.305 e. The quantitative estimate of drug-likeness (QED) is 0.102. The van der Waals surface area contributed by atoms with Gasteiger partial charge in [0.25, 0.3) is 0 Å². The van der Waals surface area contributed by atoms with Crippen molar-refractivity contribution in [2.24, 2.45) is 0 Å². The van der Waals surface area contributed by atoms with Crippen molar-refractivity contribution in [1.29, 1.82) is 0 Å². The molecule has 1 saturated heterocycles. The van der Waals surface area contributed by atoms with E-state index in [0.717, 1.165) is 101 Å². The summed E-state index contributed by atoms with van der Waals surface area (Å²) in [6, 6.07) is 5.94. The smallest absolute Gasteiger partial charge is 0.305 e. The minimum absolute atomic E-state index is 0.0686. The first kappa shape index (κ1) is 35.0. The Labute approximate surface area is 255 Å². The first-order valence-electron chi connectivity index (χ1n) is 16.0. The molecule has 0 spiro atoms. The molecule has 1 N–H and O–H groups in total. The zero-order chi connectivity index (χ0) is 30.3. The topological polar surface area (TPSA) is 58.6 Å². The first-order valence-corrected chi connectivity index (χ1v) is 16.0. The molecule has 0 aliphatic carbocycles. The number of carbonyl (C=O) groups is 2. The van der Waals surface area contributed by atoms with E-state index in [1.54, 1.807) is 0 Å². The van der Waals surface area contributed by atoms with Crippen molar-refractivity contribution < 1.29 is 14.3 Å². The maximum absolute atomic E-state index is 13.1. The van der Waals surface area contributed by atoms with Crippen LogP contribution in [0.4, 0.5) is 5.69 Å². The summed E-state index contributed by atoms with van der Waals surface area (Å²) in [6.07, 6.45) is 32.8. The Kier molecular flexibility index (Phi) is 18.7. The second-order valence-corrected chi connectivity index (χ2v) is 11.0. The van der Waals surface area contributed by atoms with Crippen LogP contribution in [-0.4, -0.2) is 42.5 Å². The molecule has 0 saturated carbocycles. The van der Waals surface area contributed by atoms with E-state index >= 15 is 0 Å². The molecule has 5 heteroatoms. The molecule has 0 aromatic heterocycles. The third-order valence-corrected chi connectivity index (χ3v) is 7.41. The van der Waals surface area contributed by atoms with Crippen molar-refractivity contribution in [2.75, 3.05) is 25.0 Å². The monoisotopic (exact) mass is 574 g/mol. The van der Waals surface area contributed by atoms with Gasteiger partial charge in [-0.05, 0) is 95.7 Å². The Bertz CT molecular complexity index is 1050. The Hall–Kier alpha value is -3.18. The van der Waals surface area contributed by atoms with Crippen LogP contribution in [0.3, 0.4) is 0 Å². The van der Waals surface area contributed by atoms with Crippen LogP contribution in [0.2, 0.25) is 0 Å². The highest BCUT2D eigenvalue weighted by Crippen LogP contribution is 2.23. The number of hydrogen-bond donors (Lipinski definition) is 1. The fraction of sp³-hybridized carbons (Fsp3) is 0.514. The number of rotatable bonds is 19. The number of benzene rings is 1. The van der Waals surface area contributed by atoms with Gasteiger partial charge in [0.05, 0.1) is 12.6 Å².